The maximum absolute atomic E-state index is 12.8. The molecule has 2 N–H and O–H groups in total. The van der Waals surface area contributed by atoms with E-state index in [2.05, 4.69) is 16.7 Å². The molecule has 0 aliphatic carbocycles. The summed E-state index contributed by atoms with van der Waals surface area (Å²) in [7, 11) is 1.19. The highest BCUT2D eigenvalue weighted by atomic mass is 35.5. The van der Waals surface area contributed by atoms with Crippen LogP contribution in [-0.4, -0.2) is 30.6 Å². The first kappa shape index (κ1) is 23.4. The number of anilines is 1. The fourth-order valence-corrected chi connectivity index (χ4v) is 4.43. The summed E-state index contributed by atoms with van der Waals surface area (Å²) >= 11 is 7.11. The Morgan fingerprint density at radius 3 is 2.59 bits per heavy atom. The molecule has 0 unspecified atom stereocenters. The predicted octanol–water partition coefficient (Wildman–Crippen LogP) is 3.76. The van der Waals surface area contributed by atoms with Crippen LogP contribution < -0.4 is 10.6 Å². The van der Waals surface area contributed by atoms with E-state index in [9.17, 15) is 19.6 Å². The quantitative estimate of drug-likeness (QED) is 0.492. The van der Waals surface area contributed by atoms with Gasteiger partial charge in [-0.05, 0) is 30.2 Å². The summed E-state index contributed by atoms with van der Waals surface area (Å²) in [5, 5.41) is 16.0. The summed E-state index contributed by atoms with van der Waals surface area (Å²) in [6, 6.07) is 16.1. The molecule has 2 aromatic carbocycles. The van der Waals surface area contributed by atoms with Crippen LogP contribution in [0.5, 0.6) is 0 Å². The van der Waals surface area contributed by atoms with Gasteiger partial charge >= 0.3 is 5.97 Å². The molecular weight excluding hydrogens is 450 g/mol. The van der Waals surface area contributed by atoms with E-state index < -0.39 is 23.7 Å². The largest absolute Gasteiger partial charge is 0.468 e. The number of nitrogens with zero attached hydrogens (tertiary/aromatic N) is 1. The van der Waals surface area contributed by atoms with Crippen LogP contribution in [0, 0.1) is 24.2 Å². The number of amides is 2. The van der Waals surface area contributed by atoms with E-state index in [4.69, 9.17) is 16.3 Å². The van der Waals surface area contributed by atoms with Gasteiger partial charge in [0, 0.05) is 16.6 Å². The summed E-state index contributed by atoms with van der Waals surface area (Å²) in [6.45, 7) is 1.79. The number of halogens is 1. The Bertz CT molecular complexity index is 1130. The molecular formula is C23H20ClN3O4S. The van der Waals surface area contributed by atoms with Crippen molar-refractivity contribution in [3.63, 3.8) is 0 Å². The number of allylic oxidation sites excluding steroid dienone is 1. The number of rotatable bonds is 6. The number of carbonyl (C=O) groups is 3. The molecule has 0 bridgehead atoms. The molecule has 0 saturated heterocycles. The van der Waals surface area contributed by atoms with Crippen LogP contribution in [-0.2, 0) is 19.1 Å². The molecule has 1 aliphatic heterocycles. The van der Waals surface area contributed by atoms with Crippen molar-refractivity contribution in [2.75, 3.05) is 18.2 Å². The summed E-state index contributed by atoms with van der Waals surface area (Å²) < 4.78 is 4.81. The summed E-state index contributed by atoms with van der Waals surface area (Å²) in [5.41, 5.74) is 2.15. The first-order chi connectivity index (χ1) is 15.4. The van der Waals surface area contributed by atoms with Crippen LogP contribution in [0.2, 0.25) is 5.02 Å². The second kappa shape index (κ2) is 10.4. The van der Waals surface area contributed by atoms with Gasteiger partial charge < -0.3 is 15.4 Å². The van der Waals surface area contributed by atoms with E-state index in [1.807, 2.05) is 0 Å². The van der Waals surface area contributed by atoms with Crippen LogP contribution in [0.4, 0.5) is 5.69 Å². The van der Waals surface area contributed by atoms with Gasteiger partial charge in [-0.15, -0.1) is 0 Å². The third-order valence-electron chi connectivity index (χ3n) is 5.03. The number of methoxy groups -OCH3 is 1. The molecule has 3 rings (SSSR count). The summed E-state index contributed by atoms with van der Waals surface area (Å²) in [4.78, 5) is 37.6. The molecule has 1 aliphatic rings. The van der Waals surface area contributed by atoms with Crippen molar-refractivity contribution in [2.24, 2.45) is 5.92 Å². The lowest BCUT2D eigenvalue weighted by atomic mass is 9.78. The van der Waals surface area contributed by atoms with Crippen LogP contribution in [0.25, 0.3) is 0 Å². The monoisotopic (exact) mass is 469 g/mol. The Kier molecular flexibility index (Phi) is 7.57. The highest BCUT2D eigenvalue weighted by Gasteiger charge is 2.44. The van der Waals surface area contributed by atoms with Crippen molar-refractivity contribution in [1.82, 2.24) is 5.32 Å². The Balaban J connectivity index is 1.87. The second-order valence-electron chi connectivity index (χ2n) is 6.98. The van der Waals surface area contributed by atoms with Gasteiger partial charge in [-0.2, -0.15) is 5.26 Å². The average Bonchev–Trinajstić information content (AvgIpc) is 2.80. The average molecular weight is 470 g/mol. The van der Waals surface area contributed by atoms with Gasteiger partial charge in [-0.25, -0.2) is 0 Å². The molecule has 0 radical (unpaired) electrons. The van der Waals surface area contributed by atoms with Gasteiger partial charge in [0.2, 0.25) is 11.8 Å². The zero-order chi connectivity index (χ0) is 23.3. The van der Waals surface area contributed by atoms with Gasteiger partial charge in [-0.3, -0.25) is 14.4 Å². The lowest BCUT2D eigenvalue weighted by molar-refractivity contribution is -0.150. The van der Waals surface area contributed by atoms with Crippen LogP contribution in [0.3, 0.4) is 0 Å². The number of thioether (sulfide) groups is 1. The first-order valence-corrected chi connectivity index (χ1v) is 11.0. The van der Waals surface area contributed by atoms with Gasteiger partial charge in [0.1, 0.15) is 5.92 Å². The SMILES string of the molecule is COC(=O)[C@H]1C(=O)NC(SCC(=O)Nc2cccc(Cl)c2C)=C(C#N)[C@H]1c1ccccc1. The minimum Gasteiger partial charge on any atom is -0.468 e. The fraction of sp³-hybridized carbons (Fsp3) is 0.217. The third kappa shape index (κ3) is 4.96. The maximum atomic E-state index is 12.8. The number of hydrogen-bond acceptors (Lipinski definition) is 6. The number of hydrogen-bond donors (Lipinski definition) is 2. The zero-order valence-electron chi connectivity index (χ0n) is 17.3. The molecule has 0 spiro atoms. The molecule has 0 saturated carbocycles. The van der Waals surface area contributed by atoms with Crippen molar-refractivity contribution in [3.8, 4) is 6.07 Å². The molecule has 32 heavy (non-hydrogen) atoms. The number of esters is 1. The minimum absolute atomic E-state index is 0.0584. The lowest BCUT2D eigenvalue weighted by Crippen LogP contribution is -2.44. The predicted molar refractivity (Wildman–Crippen MR) is 123 cm³/mol. The van der Waals surface area contributed by atoms with E-state index in [-0.39, 0.29) is 22.3 Å². The van der Waals surface area contributed by atoms with E-state index in [0.29, 0.717) is 16.3 Å². The van der Waals surface area contributed by atoms with Crippen molar-refractivity contribution in [2.45, 2.75) is 12.8 Å². The topological polar surface area (TPSA) is 108 Å². The molecule has 9 heteroatoms. The molecule has 0 aromatic heterocycles. The Hall–Kier alpha value is -3.28. The molecule has 164 valence electrons. The van der Waals surface area contributed by atoms with E-state index in [1.54, 1.807) is 55.5 Å². The standard InChI is InChI=1S/C23H20ClN3O4S/c1-13-16(24)9-6-10-17(13)26-18(28)12-32-22-15(11-25)19(14-7-4-3-5-8-14)20(21(29)27-22)23(30)31-2/h3-10,19-20H,12H2,1-2H3,(H,26,28)(H,27,29)/t19-,20-/m1/s1. The summed E-state index contributed by atoms with van der Waals surface area (Å²) in [5.74, 6) is -3.73. The van der Waals surface area contributed by atoms with E-state index in [1.165, 1.54) is 7.11 Å². The Morgan fingerprint density at radius 2 is 1.94 bits per heavy atom. The zero-order valence-corrected chi connectivity index (χ0v) is 18.9. The summed E-state index contributed by atoms with van der Waals surface area (Å²) in [6.07, 6.45) is 0. The van der Waals surface area contributed by atoms with Crippen molar-refractivity contribution in [3.05, 3.63) is 75.3 Å². The third-order valence-corrected chi connectivity index (χ3v) is 6.46. The normalized spacial score (nSPS) is 17.9. The number of ether oxygens (including phenoxy) is 1. The number of carbonyl (C=O) groups excluding carboxylic acids is 3. The molecule has 2 aromatic rings. The number of nitrogens with one attached hydrogen (secondary N) is 2. The first-order valence-electron chi connectivity index (χ1n) is 9.63. The fourth-order valence-electron chi connectivity index (χ4n) is 3.41. The molecule has 2 amide bonds. The highest BCUT2D eigenvalue weighted by Crippen LogP contribution is 2.40. The van der Waals surface area contributed by atoms with Crippen molar-refractivity contribution < 1.29 is 19.1 Å². The maximum Gasteiger partial charge on any atom is 0.319 e. The van der Waals surface area contributed by atoms with Gasteiger partial charge in [0.05, 0.1) is 29.5 Å². The van der Waals surface area contributed by atoms with Crippen LogP contribution >= 0.6 is 23.4 Å². The second-order valence-corrected chi connectivity index (χ2v) is 8.38. The van der Waals surface area contributed by atoms with Gasteiger partial charge in [0.25, 0.3) is 0 Å². The molecule has 7 nitrogen and oxygen atoms in total. The number of nitriles is 1. The molecule has 2 atom stereocenters. The van der Waals surface area contributed by atoms with E-state index >= 15 is 0 Å². The Labute approximate surface area is 194 Å². The van der Waals surface area contributed by atoms with Crippen molar-refractivity contribution in [1.29, 1.82) is 5.26 Å². The van der Waals surface area contributed by atoms with Crippen LogP contribution in [0.15, 0.2) is 59.1 Å². The molecule has 1 heterocycles. The lowest BCUT2D eigenvalue weighted by Gasteiger charge is -2.30. The highest BCUT2D eigenvalue weighted by molar-refractivity contribution is 8.03. The Morgan fingerprint density at radius 1 is 1.22 bits per heavy atom. The smallest absolute Gasteiger partial charge is 0.319 e. The van der Waals surface area contributed by atoms with Gasteiger partial charge in [0.15, 0.2) is 0 Å². The van der Waals surface area contributed by atoms with E-state index in [0.717, 1.165) is 17.3 Å². The van der Waals surface area contributed by atoms with Gasteiger partial charge in [-0.1, -0.05) is 59.8 Å². The van der Waals surface area contributed by atoms with Crippen molar-refractivity contribution >= 4 is 46.8 Å². The number of benzene rings is 2. The van der Waals surface area contributed by atoms with Crippen LogP contribution in [0.1, 0.15) is 17.0 Å². The minimum atomic E-state index is -1.20. The molecule has 0 fully saturated rings.